The van der Waals surface area contributed by atoms with E-state index in [1.807, 2.05) is 18.2 Å². The van der Waals surface area contributed by atoms with Gasteiger partial charge in [0, 0.05) is 6.54 Å². The van der Waals surface area contributed by atoms with Gasteiger partial charge in [-0.3, -0.25) is 10.1 Å². The van der Waals surface area contributed by atoms with Gasteiger partial charge in [0.25, 0.3) is 5.69 Å². The number of methoxy groups -OCH3 is 2. The number of benzene rings is 2. The number of ether oxygens (including phenoxy) is 2. The van der Waals surface area contributed by atoms with E-state index in [4.69, 9.17) is 21.7 Å². The van der Waals surface area contributed by atoms with E-state index < -0.39 is 10.7 Å². The lowest BCUT2D eigenvalue weighted by Gasteiger charge is -2.12. The Hall–Kier alpha value is -2.94. The quantitative estimate of drug-likeness (QED) is 0.434. The predicted octanol–water partition coefficient (Wildman–Crippen LogP) is 3.28. The molecule has 9 heteroatoms. The van der Waals surface area contributed by atoms with Gasteiger partial charge in [0.05, 0.1) is 25.2 Å². The molecule has 2 aromatic carbocycles. The summed E-state index contributed by atoms with van der Waals surface area (Å²) in [4.78, 5) is 10.3. The number of rotatable bonds is 7. The largest absolute Gasteiger partial charge is 0.493 e. The van der Waals surface area contributed by atoms with Crippen LogP contribution in [-0.2, 0) is 6.42 Å². The molecule has 2 aromatic rings. The van der Waals surface area contributed by atoms with Crippen LogP contribution in [0.4, 0.5) is 15.8 Å². The van der Waals surface area contributed by atoms with Gasteiger partial charge in [0.1, 0.15) is 11.5 Å². The summed E-state index contributed by atoms with van der Waals surface area (Å²) >= 11 is 5.14. The first kappa shape index (κ1) is 19.4. The van der Waals surface area contributed by atoms with Crippen molar-refractivity contribution in [1.82, 2.24) is 5.32 Å². The van der Waals surface area contributed by atoms with Crippen LogP contribution in [0.25, 0.3) is 0 Å². The zero-order chi connectivity index (χ0) is 19.1. The first-order valence-electron chi connectivity index (χ1n) is 7.64. The van der Waals surface area contributed by atoms with E-state index >= 15 is 0 Å². The molecule has 0 aliphatic heterocycles. The van der Waals surface area contributed by atoms with E-state index in [2.05, 4.69) is 10.6 Å². The van der Waals surface area contributed by atoms with E-state index in [1.165, 1.54) is 6.07 Å². The van der Waals surface area contributed by atoms with Crippen LogP contribution in [0.3, 0.4) is 0 Å². The molecule has 0 spiro atoms. The minimum absolute atomic E-state index is 0.125. The van der Waals surface area contributed by atoms with Crippen molar-refractivity contribution in [2.45, 2.75) is 6.42 Å². The molecule has 0 heterocycles. The molecule has 0 aliphatic carbocycles. The first-order valence-corrected chi connectivity index (χ1v) is 8.05. The SMILES string of the molecule is COc1ccc(CCNC(=S)Nc2ccc(F)cc2[N+](=O)[O-])cc1OC. The maximum Gasteiger partial charge on any atom is 0.295 e. The van der Waals surface area contributed by atoms with Crippen molar-refractivity contribution in [3.8, 4) is 11.5 Å². The topological polar surface area (TPSA) is 85.7 Å². The molecule has 0 fully saturated rings. The fraction of sp³-hybridized carbons (Fsp3) is 0.235. The number of halogens is 1. The summed E-state index contributed by atoms with van der Waals surface area (Å²) in [5, 5.41) is 16.9. The molecule has 7 nitrogen and oxygen atoms in total. The van der Waals surface area contributed by atoms with Crippen molar-refractivity contribution in [3.05, 3.63) is 57.9 Å². The van der Waals surface area contributed by atoms with Crippen LogP contribution in [0, 0.1) is 15.9 Å². The summed E-state index contributed by atoms with van der Waals surface area (Å²) in [5.41, 5.74) is 0.750. The zero-order valence-electron chi connectivity index (χ0n) is 14.2. The molecule has 0 saturated heterocycles. The molecule has 0 aliphatic rings. The average molecular weight is 379 g/mol. The third-order valence-electron chi connectivity index (χ3n) is 3.55. The van der Waals surface area contributed by atoms with Gasteiger partial charge in [-0.25, -0.2) is 4.39 Å². The van der Waals surface area contributed by atoms with Gasteiger partial charge in [0.15, 0.2) is 16.6 Å². The Morgan fingerprint density at radius 2 is 1.92 bits per heavy atom. The van der Waals surface area contributed by atoms with Crippen LogP contribution >= 0.6 is 12.2 Å². The van der Waals surface area contributed by atoms with E-state index in [1.54, 1.807) is 14.2 Å². The highest BCUT2D eigenvalue weighted by atomic mass is 32.1. The Morgan fingerprint density at radius 1 is 1.19 bits per heavy atom. The lowest BCUT2D eigenvalue weighted by atomic mass is 10.1. The van der Waals surface area contributed by atoms with Gasteiger partial charge in [-0.05, 0) is 48.5 Å². The molecule has 0 saturated carbocycles. The van der Waals surface area contributed by atoms with Crippen LogP contribution in [0.5, 0.6) is 11.5 Å². The zero-order valence-corrected chi connectivity index (χ0v) is 15.1. The highest BCUT2D eigenvalue weighted by Gasteiger charge is 2.15. The van der Waals surface area contributed by atoms with Crippen LogP contribution < -0.4 is 20.1 Å². The summed E-state index contributed by atoms with van der Waals surface area (Å²) < 4.78 is 23.6. The maximum absolute atomic E-state index is 13.2. The summed E-state index contributed by atoms with van der Waals surface area (Å²) in [7, 11) is 3.13. The van der Waals surface area contributed by atoms with Crippen molar-refractivity contribution in [3.63, 3.8) is 0 Å². The summed E-state index contributed by atoms with van der Waals surface area (Å²) in [6, 6.07) is 8.82. The Balaban J connectivity index is 1.93. The number of nitro benzene ring substituents is 1. The molecule has 0 atom stereocenters. The molecule has 138 valence electrons. The van der Waals surface area contributed by atoms with Gasteiger partial charge in [-0.1, -0.05) is 6.07 Å². The summed E-state index contributed by atoms with van der Waals surface area (Å²) in [6.07, 6.45) is 0.647. The average Bonchev–Trinajstić information content (AvgIpc) is 2.62. The molecule has 0 radical (unpaired) electrons. The van der Waals surface area contributed by atoms with Gasteiger partial charge < -0.3 is 20.1 Å². The fourth-order valence-electron chi connectivity index (χ4n) is 2.28. The number of anilines is 1. The van der Waals surface area contributed by atoms with Crippen LogP contribution in [0.15, 0.2) is 36.4 Å². The third kappa shape index (κ3) is 5.03. The van der Waals surface area contributed by atoms with Crippen molar-refractivity contribution in [2.24, 2.45) is 0 Å². The minimum Gasteiger partial charge on any atom is -0.493 e. The highest BCUT2D eigenvalue weighted by Crippen LogP contribution is 2.27. The Bertz CT molecular complexity index is 817. The monoisotopic (exact) mass is 379 g/mol. The Labute approximate surface area is 155 Å². The van der Waals surface area contributed by atoms with Crippen molar-refractivity contribution in [2.75, 3.05) is 26.1 Å². The Morgan fingerprint density at radius 3 is 2.58 bits per heavy atom. The van der Waals surface area contributed by atoms with Crippen molar-refractivity contribution < 1.29 is 18.8 Å². The van der Waals surface area contributed by atoms with Crippen LogP contribution in [-0.4, -0.2) is 30.8 Å². The maximum atomic E-state index is 13.2. The third-order valence-corrected chi connectivity index (χ3v) is 3.80. The lowest BCUT2D eigenvalue weighted by Crippen LogP contribution is -2.30. The lowest BCUT2D eigenvalue weighted by molar-refractivity contribution is -0.384. The fourth-order valence-corrected chi connectivity index (χ4v) is 2.50. The summed E-state index contributed by atoms with van der Waals surface area (Å²) in [5.74, 6) is 0.590. The number of hydrogen-bond donors (Lipinski definition) is 2. The molecule has 0 bridgehead atoms. The number of nitrogens with one attached hydrogen (secondary N) is 2. The van der Waals surface area contributed by atoms with Crippen molar-refractivity contribution in [1.29, 1.82) is 0 Å². The molecule has 0 amide bonds. The molecular weight excluding hydrogens is 361 g/mol. The summed E-state index contributed by atoms with van der Waals surface area (Å²) in [6.45, 7) is 0.496. The number of thiocarbonyl (C=S) groups is 1. The van der Waals surface area contributed by atoms with Gasteiger partial charge in [-0.2, -0.15) is 0 Å². The van der Waals surface area contributed by atoms with E-state index in [9.17, 15) is 14.5 Å². The second-order valence-electron chi connectivity index (χ2n) is 5.24. The molecule has 2 rings (SSSR count). The molecule has 2 N–H and O–H groups in total. The second-order valence-corrected chi connectivity index (χ2v) is 5.65. The van der Waals surface area contributed by atoms with E-state index in [-0.39, 0.29) is 16.5 Å². The molecular formula is C17H18FN3O4S. The molecule has 0 unspecified atom stereocenters. The van der Waals surface area contributed by atoms with Gasteiger partial charge >= 0.3 is 0 Å². The number of nitrogens with zero attached hydrogens (tertiary/aromatic N) is 1. The molecule has 26 heavy (non-hydrogen) atoms. The molecule has 0 aromatic heterocycles. The van der Waals surface area contributed by atoms with E-state index in [0.29, 0.717) is 24.5 Å². The highest BCUT2D eigenvalue weighted by molar-refractivity contribution is 7.80. The standard InChI is InChI=1S/C17H18FN3O4S/c1-24-15-6-3-11(9-16(15)25-2)7-8-19-17(26)20-13-5-4-12(18)10-14(13)21(22)23/h3-6,9-10H,7-8H2,1-2H3,(H2,19,20,26). The van der Waals surface area contributed by atoms with E-state index in [0.717, 1.165) is 17.7 Å². The van der Waals surface area contributed by atoms with Gasteiger partial charge in [-0.15, -0.1) is 0 Å². The Kier molecular flexibility index (Phi) is 6.67. The minimum atomic E-state index is -0.686. The second kappa shape index (κ2) is 8.95. The number of hydrogen-bond acceptors (Lipinski definition) is 5. The van der Waals surface area contributed by atoms with Crippen LogP contribution in [0.2, 0.25) is 0 Å². The first-order chi connectivity index (χ1) is 12.4. The normalized spacial score (nSPS) is 10.1. The number of nitro groups is 1. The van der Waals surface area contributed by atoms with Gasteiger partial charge in [0.2, 0.25) is 0 Å². The van der Waals surface area contributed by atoms with Crippen LogP contribution in [0.1, 0.15) is 5.56 Å². The van der Waals surface area contributed by atoms with Crippen molar-refractivity contribution >= 4 is 28.7 Å². The smallest absolute Gasteiger partial charge is 0.295 e. The predicted molar refractivity (Wildman–Crippen MR) is 101 cm³/mol.